The minimum Gasteiger partial charge on any atom is -0.469 e. The van der Waals surface area contributed by atoms with E-state index < -0.39 is 0 Å². The summed E-state index contributed by atoms with van der Waals surface area (Å²) in [7, 11) is 1.39. The maximum absolute atomic E-state index is 11.1. The normalized spacial score (nSPS) is 10.2. The number of carbonyl (C=O) groups is 1. The molecule has 0 aliphatic rings. The molecule has 0 spiro atoms. The Labute approximate surface area is 98.8 Å². The average Bonchev–Trinajstić information content (AvgIpc) is 2.85. The molecule has 2 heterocycles. The third-order valence-electron chi connectivity index (χ3n) is 2.49. The van der Waals surface area contributed by atoms with Crippen LogP contribution in [0.15, 0.2) is 30.7 Å². The molecule has 0 unspecified atom stereocenters. The molecule has 0 aromatic carbocycles. The topological polar surface area (TPSA) is 67.9 Å². The lowest BCUT2D eigenvalue weighted by Crippen LogP contribution is -2.02. The highest BCUT2D eigenvalue weighted by atomic mass is 16.5. The van der Waals surface area contributed by atoms with Crippen LogP contribution in [-0.2, 0) is 16.0 Å². The largest absolute Gasteiger partial charge is 0.469 e. The Morgan fingerprint density at radius 1 is 1.47 bits per heavy atom. The van der Waals surface area contributed by atoms with Crippen LogP contribution < -0.4 is 0 Å². The fraction of sp³-hybridized carbons (Fsp3) is 0.250. The molecule has 0 atom stereocenters. The first-order chi connectivity index (χ1) is 8.31. The predicted molar refractivity (Wildman–Crippen MR) is 62.2 cm³/mol. The highest BCUT2D eigenvalue weighted by molar-refractivity contribution is 5.70. The van der Waals surface area contributed by atoms with Crippen molar-refractivity contribution < 1.29 is 9.53 Å². The van der Waals surface area contributed by atoms with Crippen molar-refractivity contribution in [2.75, 3.05) is 7.11 Å². The van der Waals surface area contributed by atoms with Crippen LogP contribution in [0.4, 0.5) is 0 Å². The van der Waals surface area contributed by atoms with Crippen molar-refractivity contribution >= 4 is 5.97 Å². The highest BCUT2D eigenvalue weighted by Gasteiger charge is 2.09. The zero-order valence-electron chi connectivity index (χ0n) is 9.51. The van der Waals surface area contributed by atoms with Gasteiger partial charge in [-0.2, -0.15) is 5.10 Å². The van der Waals surface area contributed by atoms with E-state index >= 15 is 0 Å². The first kappa shape index (κ1) is 11.3. The third-order valence-corrected chi connectivity index (χ3v) is 2.49. The summed E-state index contributed by atoms with van der Waals surface area (Å²) in [4.78, 5) is 15.1. The second-order valence-corrected chi connectivity index (χ2v) is 3.59. The zero-order chi connectivity index (χ0) is 12.1. The molecule has 17 heavy (non-hydrogen) atoms. The summed E-state index contributed by atoms with van der Waals surface area (Å²) < 4.78 is 4.61. The van der Waals surface area contributed by atoms with Gasteiger partial charge in [-0.05, 0) is 24.1 Å². The summed E-state index contributed by atoms with van der Waals surface area (Å²) in [5, 5.41) is 6.92. The minimum absolute atomic E-state index is 0.219. The van der Waals surface area contributed by atoms with Gasteiger partial charge in [-0.3, -0.25) is 14.9 Å². The molecule has 2 rings (SSSR count). The van der Waals surface area contributed by atoms with Gasteiger partial charge in [-0.25, -0.2) is 0 Å². The molecule has 1 N–H and O–H groups in total. The van der Waals surface area contributed by atoms with E-state index in [9.17, 15) is 4.79 Å². The van der Waals surface area contributed by atoms with Gasteiger partial charge in [0.2, 0.25) is 0 Å². The van der Waals surface area contributed by atoms with Gasteiger partial charge in [0, 0.05) is 24.4 Å². The van der Waals surface area contributed by atoms with E-state index in [0.29, 0.717) is 12.8 Å². The molecule has 0 aliphatic heterocycles. The van der Waals surface area contributed by atoms with Crippen molar-refractivity contribution in [2.24, 2.45) is 0 Å². The van der Waals surface area contributed by atoms with Crippen LogP contribution in [0.3, 0.4) is 0 Å². The number of ether oxygens (including phenoxy) is 1. The van der Waals surface area contributed by atoms with Gasteiger partial charge in [0.05, 0.1) is 19.0 Å². The molecule has 5 nitrogen and oxygen atoms in total. The van der Waals surface area contributed by atoms with E-state index in [1.54, 1.807) is 18.6 Å². The predicted octanol–water partition coefficient (Wildman–Crippen LogP) is 1.58. The van der Waals surface area contributed by atoms with Crippen molar-refractivity contribution in [3.63, 3.8) is 0 Å². The standard InChI is InChI=1S/C12H13N3O2/c1-17-11(16)5-4-10-8-14-15-12(10)9-3-2-6-13-7-9/h2-3,6-8H,4-5H2,1H3,(H,14,15). The summed E-state index contributed by atoms with van der Waals surface area (Å²) >= 11 is 0. The van der Waals surface area contributed by atoms with Gasteiger partial charge < -0.3 is 4.74 Å². The number of aryl methyl sites for hydroxylation is 1. The smallest absolute Gasteiger partial charge is 0.305 e. The third kappa shape index (κ3) is 2.69. The van der Waals surface area contributed by atoms with Crippen LogP contribution in [0.1, 0.15) is 12.0 Å². The van der Waals surface area contributed by atoms with Crippen molar-refractivity contribution in [1.29, 1.82) is 0 Å². The molecule has 0 radical (unpaired) electrons. The first-order valence-corrected chi connectivity index (χ1v) is 5.30. The average molecular weight is 231 g/mol. The van der Waals surface area contributed by atoms with Gasteiger partial charge in [-0.15, -0.1) is 0 Å². The molecule has 0 saturated heterocycles. The summed E-state index contributed by atoms with van der Waals surface area (Å²) in [5.41, 5.74) is 2.86. The number of pyridine rings is 1. The summed E-state index contributed by atoms with van der Waals surface area (Å²) in [6, 6.07) is 3.81. The van der Waals surface area contributed by atoms with Crippen LogP contribution in [0.5, 0.6) is 0 Å². The molecular weight excluding hydrogens is 218 g/mol. The Hall–Kier alpha value is -2.17. The van der Waals surface area contributed by atoms with Gasteiger partial charge in [0.15, 0.2) is 0 Å². The number of nitrogens with one attached hydrogen (secondary N) is 1. The van der Waals surface area contributed by atoms with E-state index in [4.69, 9.17) is 0 Å². The molecule has 2 aromatic heterocycles. The summed E-state index contributed by atoms with van der Waals surface area (Å²) in [6.07, 6.45) is 6.16. The quantitative estimate of drug-likeness (QED) is 0.811. The van der Waals surface area contributed by atoms with Crippen LogP contribution >= 0.6 is 0 Å². The van der Waals surface area contributed by atoms with Gasteiger partial charge >= 0.3 is 5.97 Å². The number of aromatic amines is 1. The molecular formula is C12H13N3O2. The fourth-order valence-corrected chi connectivity index (χ4v) is 1.60. The van der Waals surface area contributed by atoms with E-state index in [1.165, 1.54) is 7.11 Å². The first-order valence-electron chi connectivity index (χ1n) is 5.30. The summed E-state index contributed by atoms with van der Waals surface area (Å²) in [6.45, 7) is 0. The van der Waals surface area contributed by atoms with Crippen LogP contribution in [0.2, 0.25) is 0 Å². The number of aromatic nitrogens is 3. The SMILES string of the molecule is COC(=O)CCc1cn[nH]c1-c1cccnc1. The molecule has 0 fully saturated rings. The van der Waals surface area contributed by atoms with E-state index in [0.717, 1.165) is 16.8 Å². The van der Waals surface area contributed by atoms with Gasteiger partial charge in [0.1, 0.15) is 0 Å². The van der Waals surface area contributed by atoms with Crippen LogP contribution in [-0.4, -0.2) is 28.3 Å². The Morgan fingerprint density at radius 3 is 3.06 bits per heavy atom. The highest BCUT2D eigenvalue weighted by Crippen LogP contribution is 2.20. The lowest BCUT2D eigenvalue weighted by molar-refractivity contribution is -0.140. The molecule has 0 saturated carbocycles. The zero-order valence-corrected chi connectivity index (χ0v) is 9.51. The van der Waals surface area contributed by atoms with Crippen molar-refractivity contribution in [3.8, 4) is 11.3 Å². The van der Waals surface area contributed by atoms with Crippen molar-refractivity contribution in [3.05, 3.63) is 36.3 Å². The van der Waals surface area contributed by atoms with Crippen LogP contribution in [0.25, 0.3) is 11.3 Å². The minimum atomic E-state index is -0.219. The lowest BCUT2D eigenvalue weighted by atomic mass is 10.1. The Balaban J connectivity index is 2.15. The lowest BCUT2D eigenvalue weighted by Gasteiger charge is -2.02. The molecule has 0 amide bonds. The summed E-state index contributed by atoms with van der Waals surface area (Å²) in [5.74, 6) is -0.219. The Bertz CT molecular complexity index is 493. The number of hydrogen-bond donors (Lipinski definition) is 1. The number of esters is 1. The van der Waals surface area contributed by atoms with Crippen molar-refractivity contribution in [2.45, 2.75) is 12.8 Å². The van der Waals surface area contributed by atoms with E-state index in [2.05, 4.69) is 19.9 Å². The number of hydrogen-bond acceptors (Lipinski definition) is 4. The molecule has 0 aliphatic carbocycles. The number of carbonyl (C=O) groups excluding carboxylic acids is 1. The molecule has 88 valence electrons. The maximum atomic E-state index is 11.1. The van der Waals surface area contributed by atoms with Gasteiger partial charge in [0.25, 0.3) is 0 Å². The maximum Gasteiger partial charge on any atom is 0.305 e. The van der Waals surface area contributed by atoms with Crippen LogP contribution in [0, 0.1) is 0 Å². The van der Waals surface area contributed by atoms with Gasteiger partial charge in [-0.1, -0.05) is 0 Å². The monoisotopic (exact) mass is 231 g/mol. The molecule has 2 aromatic rings. The fourth-order valence-electron chi connectivity index (χ4n) is 1.60. The number of nitrogens with zero attached hydrogens (tertiary/aromatic N) is 2. The van der Waals surface area contributed by atoms with E-state index in [-0.39, 0.29) is 5.97 Å². The van der Waals surface area contributed by atoms with Crippen molar-refractivity contribution in [1.82, 2.24) is 15.2 Å². The number of rotatable bonds is 4. The second kappa shape index (κ2) is 5.25. The second-order valence-electron chi connectivity index (χ2n) is 3.59. The van der Waals surface area contributed by atoms with E-state index in [1.807, 2.05) is 12.1 Å². The molecule has 0 bridgehead atoms. The number of H-pyrrole nitrogens is 1. The molecule has 5 heteroatoms. The number of methoxy groups -OCH3 is 1. The Morgan fingerprint density at radius 2 is 2.35 bits per heavy atom. The Kier molecular flexibility index (Phi) is 3.49.